The van der Waals surface area contributed by atoms with Crippen molar-refractivity contribution in [2.45, 2.75) is 32.9 Å². The molecular formula is C14H18ClF3N2O. The topological polar surface area (TPSA) is 55.1 Å². The minimum Gasteiger partial charge on any atom is -0.329 e. The van der Waals surface area contributed by atoms with Crippen LogP contribution in [0.2, 0.25) is 5.02 Å². The molecule has 0 aliphatic carbocycles. The Labute approximate surface area is 126 Å². The van der Waals surface area contributed by atoms with Crippen LogP contribution in [0.1, 0.15) is 32.3 Å². The maximum absolute atomic E-state index is 12.8. The zero-order valence-corrected chi connectivity index (χ0v) is 12.6. The van der Waals surface area contributed by atoms with Crippen LogP contribution in [0.15, 0.2) is 18.2 Å². The van der Waals surface area contributed by atoms with Crippen LogP contribution in [0.4, 0.5) is 18.9 Å². The van der Waals surface area contributed by atoms with Crippen molar-refractivity contribution in [3.8, 4) is 0 Å². The molecule has 1 rings (SSSR count). The van der Waals surface area contributed by atoms with Crippen LogP contribution in [-0.4, -0.2) is 12.5 Å². The van der Waals surface area contributed by atoms with Gasteiger partial charge in [-0.3, -0.25) is 4.79 Å². The van der Waals surface area contributed by atoms with Gasteiger partial charge in [0.2, 0.25) is 5.91 Å². The van der Waals surface area contributed by atoms with E-state index in [-0.39, 0.29) is 18.1 Å². The number of anilines is 1. The van der Waals surface area contributed by atoms with Crippen molar-refractivity contribution in [2.24, 2.45) is 11.1 Å². The van der Waals surface area contributed by atoms with Gasteiger partial charge in [0.05, 0.1) is 16.0 Å². The molecule has 0 heterocycles. The lowest BCUT2D eigenvalue weighted by Gasteiger charge is -2.28. The Morgan fingerprint density at radius 2 is 1.86 bits per heavy atom. The molecule has 0 saturated heterocycles. The molecule has 3 nitrogen and oxygen atoms in total. The molecule has 0 radical (unpaired) electrons. The summed E-state index contributed by atoms with van der Waals surface area (Å²) >= 11 is 5.54. The first-order valence-electron chi connectivity index (χ1n) is 6.58. The maximum atomic E-state index is 12.8. The number of amides is 1. The number of hydrogen-bond acceptors (Lipinski definition) is 2. The quantitative estimate of drug-likeness (QED) is 0.858. The van der Waals surface area contributed by atoms with Crippen LogP contribution in [0.25, 0.3) is 0 Å². The van der Waals surface area contributed by atoms with Gasteiger partial charge in [0.25, 0.3) is 0 Å². The van der Waals surface area contributed by atoms with E-state index in [1.165, 1.54) is 6.07 Å². The normalized spacial score (nSPS) is 12.3. The number of alkyl halides is 3. The molecule has 118 valence electrons. The molecule has 1 aromatic rings. The van der Waals surface area contributed by atoms with Crippen molar-refractivity contribution in [1.29, 1.82) is 0 Å². The second-order valence-corrected chi connectivity index (χ2v) is 5.25. The first-order chi connectivity index (χ1) is 9.70. The van der Waals surface area contributed by atoms with Crippen molar-refractivity contribution in [3.63, 3.8) is 0 Å². The van der Waals surface area contributed by atoms with Gasteiger partial charge in [-0.1, -0.05) is 25.4 Å². The minimum atomic E-state index is -4.57. The van der Waals surface area contributed by atoms with Gasteiger partial charge in [0, 0.05) is 12.2 Å². The number of nitrogens with two attached hydrogens (primary N) is 1. The average molecular weight is 323 g/mol. The van der Waals surface area contributed by atoms with E-state index in [4.69, 9.17) is 17.3 Å². The summed E-state index contributed by atoms with van der Waals surface area (Å²) in [4.78, 5) is 12.3. The van der Waals surface area contributed by atoms with Crippen LogP contribution in [0, 0.1) is 5.41 Å². The van der Waals surface area contributed by atoms with E-state index in [1.54, 1.807) is 0 Å². The van der Waals surface area contributed by atoms with Crippen LogP contribution in [0.3, 0.4) is 0 Å². The van der Waals surface area contributed by atoms with Gasteiger partial charge < -0.3 is 11.1 Å². The zero-order valence-electron chi connectivity index (χ0n) is 11.9. The summed E-state index contributed by atoms with van der Waals surface area (Å²) in [5, 5.41) is 2.09. The van der Waals surface area contributed by atoms with E-state index in [9.17, 15) is 18.0 Å². The molecule has 0 aliphatic heterocycles. The predicted molar refractivity (Wildman–Crippen MR) is 77.2 cm³/mol. The van der Waals surface area contributed by atoms with E-state index in [2.05, 4.69) is 5.32 Å². The molecule has 3 N–H and O–H groups in total. The van der Waals surface area contributed by atoms with Crippen molar-refractivity contribution in [2.75, 3.05) is 11.9 Å². The summed E-state index contributed by atoms with van der Waals surface area (Å²) in [7, 11) is 0. The van der Waals surface area contributed by atoms with E-state index in [0.29, 0.717) is 12.8 Å². The summed E-state index contributed by atoms with van der Waals surface area (Å²) in [5.41, 5.74) is 3.94. The molecular weight excluding hydrogens is 305 g/mol. The lowest BCUT2D eigenvalue weighted by Crippen LogP contribution is -2.41. The molecule has 21 heavy (non-hydrogen) atoms. The van der Waals surface area contributed by atoms with Gasteiger partial charge in [-0.05, 0) is 31.0 Å². The first kappa shape index (κ1) is 17.8. The molecule has 0 bridgehead atoms. The fraction of sp³-hybridized carbons (Fsp3) is 0.500. The maximum Gasteiger partial charge on any atom is 0.417 e. The van der Waals surface area contributed by atoms with Crippen LogP contribution in [0.5, 0.6) is 0 Å². The highest BCUT2D eigenvalue weighted by Crippen LogP contribution is 2.36. The van der Waals surface area contributed by atoms with E-state index in [1.807, 2.05) is 13.8 Å². The molecule has 0 atom stereocenters. The predicted octanol–water partition coefficient (Wildman–Crippen LogP) is 4.06. The number of carbonyl (C=O) groups excluding carboxylic acids is 1. The highest BCUT2D eigenvalue weighted by molar-refractivity contribution is 6.31. The number of benzene rings is 1. The lowest BCUT2D eigenvalue weighted by molar-refractivity contribution is -0.137. The highest BCUT2D eigenvalue weighted by Gasteiger charge is 2.35. The number of rotatable bonds is 5. The van der Waals surface area contributed by atoms with Gasteiger partial charge in [0.15, 0.2) is 0 Å². The van der Waals surface area contributed by atoms with E-state index >= 15 is 0 Å². The van der Waals surface area contributed by atoms with Gasteiger partial charge >= 0.3 is 6.18 Å². The molecule has 0 aliphatic rings. The summed E-state index contributed by atoms with van der Waals surface area (Å²) in [6.45, 7) is 3.77. The Kier molecular flexibility index (Phi) is 5.64. The number of hydrogen-bond donors (Lipinski definition) is 2. The second-order valence-electron chi connectivity index (χ2n) is 4.84. The van der Waals surface area contributed by atoms with Crippen molar-refractivity contribution in [1.82, 2.24) is 0 Å². The van der Waals surface area contributed by atoms with Gasteiger partial charge in [0.1, 0.15) is 0 Å². The van der Waals surface area contributed by atoms with E-state index < -0.39 is 22.2 Å². The van der Waals surface area contributed by atoms with Crippen molar-refractivity contribution >= 4 is 23.2 Å². The molecule has 1 amide bonds. The molecule has 0 unspecified atom stereocenters. The first-order valence-corrected chi connectivity index (χ1v) is 6.96. The molecule has 0 fully saturated rings. The standard InChI is InChI=1S/C14H18ClF3N2O/c1-3-13(4-2,8-19)12(21)20-9-5-6-11(15)10(7-9)14(16,17)18/h5-7H,3-4,8,19H2,1-2H3,(H,20,21). The summed E-state index contributed by atoms with van der Waals surface area (Å²) in [6.07, 6.45) is -3.56. The van der Waals surface area contributed by atoms with Gasteiger partial charge in [-0.15, -0.1) is 0 Å². The third-order valence-electron chi connectivity index (χ3n) is 3.76. The summed E-state index contributed by atoms with van der Waals surface area (Å²) < 4.78 is 38.3. The second kappa shape index (κ2) is 6.66. The van der Waals surface area contributed by atoms with Crippen LogP contribution >= 0.6 is 11.6 Å². The zero-order chi connectivity index (χ0) is 16.3. The average Bonchev–Trinajstić information content (AvgIpc) is 2.42. The van der Waals surface area contributed by atoms with Crippen LogP contribution < -0.4 is 11.1 Å². The van der Waals surface area contributed by atoms with E-state index in [0.717, 1.165) is 12.1 Å². The Morgan fingerprint density at radius 1 is 1.29 bits per heavy atom. The molecule has 0 spiro atoms. The monoisotopic (exact) mass is 322 g/mol. The Bertz CT molecular complexity index is 505. The number of carbonyl (C=O) groups is 1. The van der Waals surface area contributed by atoms with Crippen LogP contribution in [-0.2, 0) is 11.0 Å². The lowest BCUT2D eigenvalue weighted by atomic mass is 9.81. The van der Waals surface area contributed by atoms with Gasteiger partial charge in [-0.25, -0.2) is 0 Å². The third-order valence-corrected chi connectivity index (χ3v) is 4.09. The largest absolute Gasteiger partial charge is 0.417 e. The Balaban J connectivity index is 3.07. The fourth-order valence-corrected chi connectivity index (χ4v) is 2.26. The Hall–Kier alpha value is -1.27. The number of halogens is 4. The molecule has 1 aromatic carbocycles. The smallest absolute Gasteiger partial charge is 0.329 e. The molecule has 0 saturated carbocycles. The van der Waals surface area contributed by atoms with Crippen molar-refractivity contribution in [3.05, 3.63) is 28.8 Å². The van der Waals surface area contributed by atoms with Crippen molar-refractivity contribution < 1.29 is 18.0 Å². The highest BCUT2D eigenvalue weighted by atomic mass is 35.5. The molecule has 7 heteroatoms. The SMILES string of the molecule is CCC(CC)(CN)C(=O)Nc1ccc(Cl)c(C(F)(F)F)c1. The fourth-order valence-electron chi connectivity index (χ4n) is 2.04. The molecule has 0 aromatic heterocycles. The Morgan fingerprint density at radius 3 is 2.29 bits per heavy atom. The minimum absolute atomic E-state index is 0.0523. The summed E-state index contributed by atoms with van der Waals surface area (Å²) in [5.74, 6) is -0.384. The summed E-state index contributed by atoms with van der Waals surface area (Å²) in [6, 6.07) is 3.27. The number of nitrogens with one attached hydrogen (secondary N) is 1. The van der Waals surface area contributed by atoms with Gasteiger partial charge in [-0.2, -0.15) is 13.2 Å². The third kappa shape index (κ3) is 3.89.